The Labute approximate surface area is 145 Å². The highest BCUT2D eigenvalue weighted by molar-refractivity contribution is 6.28. The minimum absolute atomic E-state index is 0.178. The number of aliphatic hydroxyl groups excluding tert-OH is 1. The number of aromatic nitrogens is 2. The summed E-state index contributed by atoms with van der Waals surface area (Å²) in [4.78, 5) is 8.49. The molecule has 2 aromatic carbocycles. The highest BCUT2D eigenvalue weighted by Gasteiger charge is 2.08. The maximum Gasteiger partial charge on any atom is 0.224 e. The number of ether oxygens (including phenoxy) is 2. The molecule has 126 valence electrons. The summed E-state index contributed by atoms with van der Waals surface area (Å²) in [6.45, 7) is 0. The summed E-state index contributed by atoms with van der Waals surface area (Å²) in [6.07, 6.45) is 0. The molecule has 0 unspecified atom stereocenters. The number of fused-ring (bicyclic) bond motifs is 1. The van der Waals surface area contributed by atoms with E-state index >= 15 is 0 Å². The van der Waals surface area contributed by atoms with Gasteiger partial charge in [-0.25, -0.2) is 4.98 Å². The first-order chi connectivity index (χ1) is 11.7. The second kappa shape index (κ2) is 8.33. The Bertz CT molecular complexity index is 810. The number of nitrogens with zero attached hydrogens (tertiary/aromatic N) is 2. The Morgan fingerprint density at radius 1 is 0.917 bits per heavy atom. The molecule has 3 aromatic rings. The number of hydrogen-bond donors (Lipinski definition) is 2. The number of nitrogens with one attached hydrogen (secondary N) is 1. The van der Waals surface area contributed by atoms with Crippen LogP contribution in [0.5, 0.6) is 11.5 Å². The van der Waals surface area contributed by atoms with Crippen LogP contribution in [0.3, 0.4) is 0 Å². The summed E-state index contributed by atoms with van der Waals surface area (Å²) in [5, 5.41) is 11.3. The second-order valence-corrected chi connectivity index (χ2v) is 4.92. The normalized spacial score (nSPS) is 9.88. The van der Waals surface area contributed by atoms with Crippen molar-refractivity contribution >= 4 is 34.0 Å². The highest BCUT2D eigenvalue weighted by Crippen LogP contribution is 2.28. The number of hydrogen-bond acceptors (Lipinski definition) is 6. The van der Waals surface area contributed by atoms with E-state index in [9.17, 15) is 0 Å². The van der Waals surface area contributed by atoms with Crippen LogP contribution < -0.4 is 14.8 Å². The third kappa shape index (κ3) is 4.04. The van der Waals surface area contributed by atoms with Gasteiger partial charge >= 0.3 is 0 Å². The average Bonchev–Trinajstić information content (AvgIpc) is 2.63. The molecule has 0 amide bonds. The number of benzene rings is 2. The molecule has 0 aliphatic rings. The van der Waals surface area contributed by atoms with E-state index in [4.69, 9.17) is 26.2 Å². The van der Waals surface area contributed by atoms with E-state index in [1.54, 1.807) is 14.2 Å². The lowest BCUT2D eigenvalue weighted by atomic mass is 10.2. The van der Waals surface area contributed by atoms with Crippen LogP contribution in [0, 0.1) is 0 Å². The van der Waals surface area contributed by atoms with E-state index in [2.05, 4.69) is 15.3 Å². The lowest BCUT2D eigenvalue weighted by Gasteiger charge is -2.10. The summed E-state index contributed by atoms with van der Waals surface area (Å²) < 4.78 is 10.4. The van der Waals surface area contributed by atoms with Crippen molar-refractivity contribution in [3.63, 3.8) is 0 Å². The third-order valence-electron chi connectivity index (χ3n) is 3.23. The monoisotopic (exact) mass is 347 g/mol. The topological polar surface area (TPSA) is 76.5 Å². The summed E-state index contributed by atoms with van der Waals surface area (Å²) in [5.74, 6) is 2.15. The molecule has 0 bridgehead atoms. The Morgan fingerprint density at radius 3 is 2.17 bits per heavy atom. The Kier molecular flexibility index (Phi) is 6.17. The molecule has 2 N–H and O–H groups in total. The van der Waals surface area contributed by atoms with E-state index in [0.29, 0.717) is 5.82 Å². The first-order valence-electron chi connectivity index (χ1n) is 7.06. The number of halogens is 1. The van der Waals surface area contributed by atoms with Gasteiger partial charge in [0.1, 0.15) is 17.3 Å². The Hall–Kier alpha value is -2.57. The van der Waals surface area contributed by atoms with Crippen LogP contribution in [0.15, 0.2) is 42.5 Å². The van der Waals surface area contributed by atoms with Crippen molar-refractivity contribution in [1.29, 1.82) is 0 Å². The van der Waals surface area contributed by atoms with Gasteiger partial charge < -0.3 is 19.9 Å². The molecule has 0 saturated carbocycles. The molecule has 0 aliphatic heterocycles. The van der Waals surface area contributed by atoms with Crippen molar-refractivity contribution in [2.75, 3.05) is 26.6 Å². The van der Waals surface area contributed by atoms with Crippen LogP contribution in [0.4, 0.5) is 11.5 Å². The van der Waals surface area contributed by atoms with Gasteiger partial charge in [0.25, 0.3) is 0 Å². The maximum atomic E-state index is 7.00. The molecule has 1 heterocycles. The van der Waals surface area contributed by atoms with Crippen molar-refractivity contribution in [3.8, 4) is 11.5 Å². The fourth-order valence-electron chi connectivity index (χ4n) is 2.11. The zero-order valence-corrected chi connectivity index (χ0v) is 14.3. The van der Waals surface area contributed by atoms with Gasteiger partial charge in [0, 0.05) is 24.2 Å². The molecule has 0 aliphatic carbocycles. The molecule has 0 spiro atoms. The van der Waals surface area contributed by atoms with E-state index in [-0.39, 0.29) is 5.28 Å². The highest BCUT2D eigenvalue weighted by atomic mass is 35.5. The first kappa shape index (κ1) is 17.8. The van der Waals surface area contributed by atoms with Gasteiger partial charge in [-0.05, 0) is 48.0 Å². The first-order valence-corrected chi connectivity index (χ1v) is 7.44. The predicted molar refractivity (Wildman–Crippen MR) is 95.5 cm³/mol. The van der Waals surface area contributed by atoms with Crippen LogP contribution in [0.25, 0.3) is 10.9 Å². The van der Waals surface area contributed by atoms with Crippen LogP contribution in [-0.2, 0) is 0 Å². The molecule has 3 rings (SSSR count). The van der Waals surface area contributed by atoms with E-state index in [1.807, 2.05) is 42.5 Å². The standard InChI is InChI=1S/C16H14ClN3O2.CH4O/c1-21-11-5-3-10(4-6-11)18-15-13-8-7-12(22-2)9-14(13)19-16(17)20-15;1-2/h3-9H,1-2H3,(H,18,19,20);2H,1H3. The molecule has 1 aromatic heterocycles. The number of methoxy groups -OCH3 is 2. The predicted octanol–water partition coefficient (Wildman–Crippen LogP) is 3.65. The zero-order chi connectivity index (χ0) is 17.5. The molecule has 6 nitrogen and oxygen atoms in total. The van der Waals surface area contributed by atoms with Gasteiger partial charge in [-0.15, -0.1) is 0 Å². The van der Waals surface area contributed by atoms with Crippen LogP contribution in [-0.4, -0.2) is 36.4 Å². The molecular weight excluding hydrogens is 330 g/mol. The van der Waals surface area contributed by atoms with Crippen molar-refractivity contribution in [1.82, 2.24) is 9.97 Å². The van der Waals surface area contributed by atoms with Gasteiger partial charge in [-0.1, -0.05) is 0 Å². The molecule has 0 saturated heterocycles. The van der Waals surface area contributed by atoms with Gasteiger partial charge in [0.15, 0.2) is 0 Å². The van der Waals surface area contributed by atoms with E-state index in [0.717, 1.165) is 35.2 Å². The van der Waals surface area contributed by atoms with Crippen LogP contribution in [0.1, 0.15) is 0 Å². The minimum Gasteiger partial charge on any atom is -0.497 e. The molecule has 0 fully saturated rings. The van der Waals surface area contributed by atoms with Gasteiger partial charge in [0.2, 0.25) is 5.28 Å². The van der Waals surface area contributed by atoms with Crippen molar-refractivity contribution < 1.29 is 14.6 Å². The molecule has 7 heteroatoms. The largest absolute Gasteiger partial charge is 0.497 e. The molecule has 0 radical (unpaired) electrons. The maximum absolute atomic E-state index is 7.00. The summed E-state index contributed by atoms with van der Waals surface area (Å²) >= 11 is 6.01. The van der Waals surface area contributed by atoms with Crippen molar-refractivity contribution in [3.05, 3.63) is 47.7 Å². The van der Waals surface area contributed by atoms with Crippen molar-refractivity contribution in [2.24, 2.45) is 0 Å². The zero-order valence-electron chi connectivity index (χ0n) is 13.6. The van der Waals surface area contributed by atoms with E-state index in [1.165, 1.54) is 0 Å². The van der Waals surface area contributed by atoms with Gasteiger partial charge in [0.05, 0.1) is 19.7 Å². The van der Waals surface area contributed by atoms with Gasteiger partial charge in [-0.3, -0.25) is 0 Å². The Morgan fingerprint density at radius 2 is 1.54 bits per heavy atom. The Balaban J connectivity index is 0.00000100. The molecular formula is C17H18ClN3O3. The lowest BCUT2D eigenvalue weighted by molar-refractivity contribution is 0.399. The summed E-state index contributed by atoms with van der Waals surface area (Å²) in [6, 6.07) is 13.1. The second-order valence-electron chi connectivity index (χ2n) is 4.58. The fraction of sp³-hybridized carbons (Fsp3) is 0.176. The smallest absolute Gasteiger partial charge is 0.224 e. The summed E-state index contributed by atoms with van der Waals surface area (Å²) in [5.41, 5.74) is 1.60. The van der Waals surface area contributed by atoms with Gasteiger partial charge in [-0.2, -0.15) is 4.98 Å². The third-order valence-corrected chi connectivity index (χ3v) is 3.40. The van der Waals surface area contributed by atoms with Crippen LogP contribution >= 0.6 is 11.6 Å². The van der Waals surface area contributed by atoms with E-state index < -0.39 is 0 Å². The molecule has 0 atom stereocenters. The number of anilines is 2. The fourth-order valence-corrected chi connectivity index (χ4v) is 2.29. The minimum atomic E-state index is 0.178. The summed E-state index contributed by atoms with van der Waals surface area (Å²) in [7, 11) is 4.24. The number of aliphatic hydroxyl groups is 1. The van der Waals surface area contributed by atoms with Crippen LogP contribution in [0.2, 0.25) is 5.28 Å². The number of rotatable bonds is 4. The SMILES string of the molecule is CO.COc1ccc(Nc2nc(Cl)nc3cc(OC)ccc23)cc1. The average molecular weight is 348 g/mol. The van der Waals surface area contributed by atoms with Crippen molar-refractivity contribution in [2.45, 2.75) is 0 Å². The molecule has 24 heavy (non-hydrogen) atoms. The quantitative estimate of drug-likeness (QED) is 0.701. The lowest BCUT2D eigenvalue weighted by Crippen LogP contribution is -1.97.